The second kappa shape index (κ2) is 9.43. The normalized spacial score (nSPS) is 12.4. The first-order valence-corrected chi connectivity index (χ1v) is 5.22. The number of carbonyl (C=O) groups excluding carboxylic acids is 2. The fourth-order valence-corrected chi connectivity index (χ4v) is 1.46. The number of hydrogen-bond donors (Lipinski definition) is 0. The van der Waals surface area contributed by atoms with E-state index >= 15 is 0 Å². The second-order valence-corrected chi connectivity index (χ2v) is 3.48. The van der Waals surface area contributed by atoms with Crippen LogP contribution in [0.3, 0.4) is 0 Å². The summed E-state index contributed by atoms with van der Waals surface area (Å²) in [6.45, 7) is 2.12. The molecule has 0 heterocycles. The van der Waals surface area contributed by atoms with Crippen molar-refractivity contribution in [3.05, 3.63) is 0 Å². The van der Waals surface area contributed by atoms with Crippen LogP contribution in [-0.4, -0.2) is 12.6 Å². The Hall–Kier alpha value is -0.660. The Kier molecular flexibility index (Phi) is 8.95. The van der Waals surface area contributed by atoms with E-state index in [9.17, 15) is 9.59 Å². The average Bonchev–Trinajstić information content (AvgIpc) is 2.16. The zero-order chi connectivity index (χ0) is 9.94. The summed E-state index contributed by atoms with van der Waals surface area (Å²) in [5, 5.41) is 0. The summed E-state index contributed by atoms with van der Waals surface area (Å²) >= 11 is 0. The van der Waals surface area contributed by atoms with Crippen molar-refractivity contribution in [1.29, 1.82) is 0 Å². The zero-order valence-corrected chi connectivity index (χ0v) is 8.50. The molecule has 0 saturated carbocycles. The lowest BCUT2D eigenvalue weighted by atomic mass is 9.96. The predicted octanol–water partition coefficient (Wildman–Crippen LogP) is 2.75. The Bertz CT molecular complexity index is 132. The van der Waals surface area contributed by atoms with E-state index in [1.165, 1.54) is 0 Å². The predicted molar refractivity (Wildman–Crippen MR) is 53.6 cm³/mol. The van der Waals surface area contributed by atoms with Crippen LogP contribution >= 0.6 is 0 Å². The molecule has 0 N–H and O–H groups in total. The molecule has 1 atom stereocenters. The molecule has 1 unspecified atom stereocenters. The van der Waals surface area contributed by atoms with Crippen molar-refractivity contribution < 1.29 is 9.59 Å². The first kappa shape index (κ1) is 12.3. The fourth-order valence-electron chi connectivity index (χ4n) is 1.46. The Morgan fingerprint density at radius 2 is 1.85 bits per heavy atom. The Labute approximate surface area is 80.7 Å². The van der Waals surface area contributed by atoms with E-state index in [4.69, 9.17) is 0 Å². The molecule has 0 aliphatic rings. The molecule has 0 rings (SSSR count). The highest BCUT2D eigenvalue weighted by Crippen LogP contribution is 2.16. The summed E-state index contributed by atoms with van der Waals surface area (Å²) in [4.78, 5) is 20.3. The molecule has 0 saturated heterocycles. The smallest absolute Gasteiger partial charge is 0.120 e. The molecule has 76 valence electrons. The first-order valence-electron chi connectivity index (χ1n) is 5.22. The minimum Gasteiger partial charge on any atom is -0.303 e. The van der Waals surface area contributed by atoms with Gasteiger partial charge >= 0.3 is 0 Å². The quantitative estimate of drug-likeness (QED) is 0.408. The van der Waals surface area contributed by atoms with Crippen molar-refractivity contribution in [1.82, 2.24) is 0 Å². The minimum atomic E-state index is 0.564. The molecule has 0 bridgehead atoms. The number of rotatable bonds is 9. The molecule has 0 aliphatic heterocycles. The number of unbranched alkanes of at least 4 members (excludes halogenated alkanes) is 3. The Balaban J connectivity index is 3.26. The van der Waals surface area contributed by atoms with Crippen LogP contribution in [0.15, 0.2) is 0 Å². The van der Waals surface area contributed by atoms with Crippen LogP contribution in [0.5, 0.6) is 0 Å². The molecule has 0 aliphatic carbocycles. The maximum atomic E-state index is 10.3. The molecule has 0 aromatic heterocycles. The van der Waals surface area contributed by atoms with E-state index in [0.717, 1.165) is 44.7 Å². The molecule has 0 spiro atoms. The molecule has 2 nitrogen and oxygen atoms in total. The van der Waals surface area contributed by atoms with Gasteiger partial charge in [0.25, 0.3) is 0 Å². The number of aldehydes is 2. The van der Waals surface area contributed by atoms with Gasteiger partial charge in [0.15, 0.2) is 0 Å². The van der Waals surface area contributed by atoms with Crippen molar-refractivity contribution in [3.8, 4) is 0 Å². The van der Waals surface area contributed by atoms with Crippen LogP contribution < -0.4 is 0 Å². The van der Waals surface area contributed by atoms with Crippen LogP contribution in [0.1, 0.15) is 51.9 Å². The van der Waals surface area contributed by atoms with Gasteiger partial charge in [-0.3, -0.25) is 0 Å². The van der Waals surface area contributed by atoms with Crippen LogP contribution in [0.2, 0.25) is 0 Å². The summed E-state index contributed by atoms with van der Waals surface area (Å²) in [5.41, 5.74) is 0. The molecular weight excluding hydrogens is 164 g/mol. The van der Waals surface area contributed by atoms with Gasteiger partial charge in [0.1, 0.15) is 12.6 Å². The van der Waals surface area contributed by atoms with Crippen molar-refractivity contribution in [2.75, 3.05) is 0 Å². The fraction of sp³-hybridized carbons (Fsp3) is 0.818. The van der Waals surface area contributed by atoms with E-state index in [1.54, 1.807) is 0 Å². The summed E-state index contributed by atoms with van der Waals surface area (Å²) in [6.07, 6.45) is 8.87. The van der Waals surface area contributed by atoms with Crippen LogP contribution in [0.4, 0.5) is 0 Å². The van der Waals surface area contributed by atoms with Gasteiger partial charge in [-0.15, -0.1) is 0 Å². The standard InChI is InChI=1S/C11H20O2/c1-2-11(8-10-13)7-5-3-4-6-9-12/h9-11H,2-8H2,1H3. The van der Waals surface area contributed by atoms with Gasteiger partial charge < -0.3 is 9.59 Å². The highest BCUT2D eigenvalue weighted by molar-refractivity contribution is 5.49. The zero-order valence-electron chi connectivity index (χ0n) is 8.50. The Morgan fingerprint density at radius 1 is 1.08 bits per heavy atom. The number of hydrogen-bond acceptors (Lipinski definition) is 2. The van der Waals surface area contributed by atoms with E-state index in [-0.39, 0.29) is 0 Å². The highest BCUT2D eigenvalue weighted by Gasteiger charge is 2.04. The second-order valence-electron chi connectivity index (χ2n) is 3.48. The van der Waals surface area contributed by atoms with E-state index < -0.39 is 0 Å². The van der Waals surface area contributed by atoms with Crippen molar-refractivity contribution in [2.45, 2.75) is 51.9 Å². The molecule has 0 aromatic carbocycles. The van der Waals surface area contributed by atoms with Gasteiger partial charge in [0, 0.05) is 12.8 Å². The van der Waals surface area contributed by atoms with E-state index in [1.807, 2.05) is 0 Å². The molecule has 0 radical (unpaired) electrons. The van der Waals surface area contributed by atoms with Crippen LogP contribution in [0, 0.1) is 5.92 Å². The third-order valence-corrected chi connectivity index (χ3v) is 2.44. The Morgan fingerprint density at radius 3 is 2.38 bits per heavy atom. The van der Waals surface area contributed by atoms with Gasteiger partial charge in [0.2, 0.25) is 0 Å². The lowest BCUT2D eigenvalue weighted by Gasteiger charge is -2.09. The third-order valence-electron chi connectivity index (χ3n) is 2.44. The molecule has 0 amide bonds. The minimum absolute atomic E-state index is 0.564. The lowest BCUT2D eigenvalue weighted by Crippen LogP contribution is -1.99. The van der Waals surface area contributed by atoms with Crippen molar-refractivity contribution >= 4 is 12.6 Å². The first-order chi connectivity index (χ1) is 6.35. The van der Waals surface area contributed by atoms with Gasteiger partial charge in [0.05, 0.1) is 0 Å². The maximum Gasteiger partial charge on any atom is 0.120 e. The SMILES string of the molecule is CCC(CC=O)CCCCCC=O. The van der Waals surface area contributed by atoms with Gasteiger partial charge in [-0.2, -0.15) is 0 Å². The molecule has 0 fully saturated rings. The maximum absolute atomic E-state index is 10.3. The van der Waals surface area contributed by atoms with Crippen molar-refractivity contribution in [3.63, 3.8) is 0 Å². The van der Waals surface area contributed by atoms with E-state index in [2.05, 4.69) is 6.92 Å². The summed E-state index contributed by atoms with van der Waals surface area (Å²) in [7, 11) is 0. The molecular formula is C11H20O2. The molecule has 0 aromatic rings. The van der Waals surface area contributed by atoms with Gasteiger partial charge in [-0.05, 0) is 12.3 Å². The van der Waals surface area contributed by atoms with Gasteiger partial charge in [-0.25, -0.2) is 0 Å². The largest absolute Gasteiger partial charge is 0.303 e. The lowest BCUT2D eigenvalue weighted by molar-refractivity contribution is -0.109. The van der Waals surface area contributed by atoms with Gasteiger partial charge in [-0.1, -0.05) is 32.6 Å². The third kappa shape index (κ3) is 7.69. The summed E-state index contributed by atoms with van der Waals surface area (Å²) in [5.74, 6) is 0.564. The van der Waals surface area contributed by atoms with Crippen LogP contribution in [-0.2, 0) is 9.59 Å². The van der Waals surface area contributed by atoms with Crippen molar-refractivity contribution in [2.24, 2.45) is 5.92 Å². The monoisotopic (exact) mass is 184 g/mol. The molecule has 13 heavy (non-hydrogen) atoms. The van der Waals surface area contributed by atoms with E-state index in [0.29, 0.717) is 18.8 Å². The summed E-state index contributed by atoms with van der Waals surface area (Å²) < 4.78 is 0. The average molecular weight is 184 g/mol. The summed E-state index contributed by atoms with van der Waals surface area (Å²) in [6, 6.07) is 0. The van der Waals surface area contributed by atoms with Crippen LogP contribution in [0.25, 0.3) is 0 Å². The topological polar surface area (TPSA) is 34.1 Å². The number of carbonyl (C=O) groups is 2. The molecule has 2 heteroatoms. The highest BCUT2D eigenvalue weighted by atomic mass is 16.1.